The third-order valence-electron chi connectivity index (χ3n) is 2.84. The molecular formula is C15H24ClN3O. The Hall–Kier alpha value is -1.10. The first kappa shape index (κ1) is 17.0. The molecule has 0 aromatic heterocycles. The molecule has 1 saturated heterocycles. The lowest BCUT2D eigenvalue weighted by molar-refractivity contribution is 0.112. The van der Waals surface area contributed by atoms with E-state index in [-0.39, 0.29) is 0 Å². The molecule has 1 aromatic carbocycles. The molecule has 0 aliphatic carbocycles. The van der Waals surface area contributed by atoms with Crippen LogP contribution < -0.4 is 10.6 Å². The van der Waals surface area contributed by atoms with E-state index in [0.717, 1.165) is 37.9 Å². The van der Waals surface area contributed by atoms with E-state index in [4.69, 9.17) is 11.6 Å². The molecule has 1 aromatic rings. The zero-order chi connectivity index (χ0) is 15.0. The van der Waals surface area contributed by atoms with Crippen LogP contribution in [0.3, 0.4) is 0 Å². The van der Waals surface area contributed by atoms with E-state index in [1.807, 2.05) is 38.2 Å². The van der Waals surface area contributed by atoms with Gasteiger partial charge in [0.05, 0.1) is 5.02 Å². The average Bonchev–Trinajstić information content (AvgIpc) is 2.39. The lowest BCUT2D eigenvalue weighted by atomic mass is 10.1. The summed E-state index contributed by atoms with van der Waals surface area (Å²) < 4.78 is 0. The largest absolute Gasteiger partial charge is 0.382 e. The first-order valence-corrected chi connectivity index (χ1v) is 7.23. The predicted molar refractivity (Wildman–Crippen MR) is 86.0 cm³/mol. The number of hydrogen-bond donors (Lipinski definition) is 2. The first-order valence-electron chi connectivity index (χ1n) is 6.86. The zero-order valence-corrected chi connectivity index (χ0v) is 13.2. The van der Waals surface area contributed by atoms with Gasteiger partial charge in [0.1, 0.15) is 0 Å². The van der Waals surface area contributed by atoms with Crippen molar-refractivity contribution in [3.05, 3.63) is 28.8 Å². The molecule has 1 heterocycles. The summed E-state index contributed by atoms with van der Waals surface area (Å²) in [4.78, 5) is 12.6. The molecule has 2 N–H and O–H groups in total. The highest BCUT2D eigenvalue weighted by atomic mass is 35.5. The van der Waals surface area contributed by atoms with Crippen LogP contribution in [0.5, 0.6) is 0 Å². The zero-order valence-electron chi connectivity index (χ0n) is 12.4. The highest BCUT2D eigenvalue weighted by molar-refractivity contribution is 6.33. The fourth-order valence-corrected chi connectivity index (χ4v) is 2.14. The Morgan fingerprint density at radius 1 is 1.30 bits per heavy atom. The highest BCUT2D eigenvalue weighted by Gasteiger charge is 2.12. The summed E-state index contributed by atoms with van der Waals surface area (Å²) in [6.07, 6.45) is 3.01. The third kappa shape index (κ3) is 6.37. The molecule has 1 fully saturated rings. The summed E-state index contributed by atoms with van der Waals surface area (Å²) in [6, 6.07) is 5.96. The molecule has 0 radical (unpaired) electrons. The number of hydrogen-bond acceptors (Lipinski definition) is 4. The number of anilines is 1. The van der Waals surface area contributed by atoms with E-state index >= 15 is 0 Å². The second kappa shape index (κ2) is 8.95. The van der Waals surface area contributed by atoms with Crippen LogP contribution in [-0.4, -0.2) is 51.5 Å². The molecule has 0 amide bonds. The van der Waals surface area contributed by atoms with Gasteiger partial charge in [-0.3, -0.25) is 4.79 Å². The molecule has 2 rings (SSSR count). The van der Waals surface area contributed by atoms with Gasteiger partial charge in [-0.1, -0.05) is 11.6 Å². The maximum Gasteiger partial charge on any atom is 0.151 e. The summed E-state index contributed by atoms with van der Waals surface area (Å²) in [5.41, 5.74) is 1.53. The Balaban J connectivity index is 0.000000444. The Morgan fingerprint density at radius 3 is 2.40 bits per heavy atom. The number of nitrogens with zero attached hydrogens (tertiary/aromatic N) is 1. The van der Waals surface area contributed by atoms with E-state index in [9.17, 15) is 4.79 Å². The smallest absolute Gasteiger partial charge is 0.151 e. The minimum atomic E-state index is 0.499. The van der Waals surface area contributed by atoms with Crippen molar-refractivity contribution >= 4 is 23.6 Å². The molecular weight excluding hydrogens is 274 g/mol. The van der Waals surface area contributed by atoms with Gasteiger partial charge in [-0.2, -0.15) is 0 Å². The van der Waals surface area contributed by atoms with Crippen molar-refractivity contribution < 1.29 is 4.79 Å². The summed E-state index contributed by atoms with van der Waals surface area (Å²) in [5.74, 6) is 0. The van der Waals surface area contributed by atoms with Gasteiger partial charge in [0.15, 0.2) is 6.29 Å². The van der Waals surface area contributed by atoms with E-state index in [1.165, 1.54) is 0 Å². The molecule has 0 unspecified atom stereocenters. The van der Waals surface area contributed by atoms with Gasteiger partial charge in [0, 0.05) is 17.3 Å². The average molecular weight is 298 g/mol. The second-order valence-electron chi connectivity index (χ2n) is 5.36. The molecule has 1 aliphatic heterocycles. The van der Waals surface area contributed by atoms with Crippen LogP contribution in [0.4, 0.5) is 5.69 Å². The van der Waals surface area contributed by atoms with Crippen molar-refractivity contribution in [3.8, 4) is 0 Å². The van der Waals surface area contributed by atoms with Crippen LogP contribution in [0, 0.1) is 0 Å². The number of halogens is 1. The van der Waals surface area contributed by atoms with E-state index in [2.05, 4.69) is 10.6 Å². The second-order valence-corrected chi connectivity index (χ2v) is 5.77. The number of nitrogens with one attached hydrogen (secondary N) is 2. The molecule has 20 heavy (non-hydrogen) atoms. The monoisotopic (exact) mass is 297 g/mol. The predicted octanol–water partition coefficient (Wildman–Crippen LogP) is 2.49. The molecule has 0 atom stereocenters. The van der Waals surface area contributed by atoms with Crippen LogP contribution in [-0.2, 0) is 0 Å². The van der Waals surface area contributed by atoms with Crippen LogP contribution in [0.15, 0.2) is 18.2 Å². The Labute approximate surface area is 126 Å². The molecule has 4 nitrogen and oxygen atoms in total. The third-order valence-corrected chi connectivity index (χ3v) is 3.16. The highest BCUT2D eigenvalue weighted by Crippen LogP contribution is 2.21. The lowest BCUT2D eigenvalue weighted by Crippen LogP contribution is -2.35. The van der Waals surface area contributed by atoms with Crippen LogP contribution in [0.2, 0.25) is 5.02 Å². The summed E-state index contributed by atoms with van der Waals surface area (Å²) >= 11 is 5.96. The maximum absolute atomic E-state index is 10.6. The van der Waals surface area contributed by atoms with E-state index in [0.29, 0.717) is 16.6 Å². The van der Waals surface area contributed by atoms with Gasteiger partial charge in [-0.25, -0.2) is 0 Å². The lowest BCUT2D eigenvalue weighted by Gasteiger charge is -2.24. The standard InChI is InChI=1S/C12H15ClN2O.C3H9N/c13-12-7-11(2-1-9(12)8-16)15-10-3-5-14-6-4-10;1-4(2)3/h1-2,7-8,10,14-15H,3-6H2;1-3H3. The number of carbonyl (C=O) groups excluding carboxylic acids is 1. The molecule has 0 spiro atoms. The summed E-state index contributed by atoms with van der Waals surface area (Å²) in [7, 11) is 6.00. The van der Waals surface area contributed by atoms with Crippen LogP contribution in [0.25, 0.3) is 0 Å². The number of aldehydes is 1. The Kier molecular flexibility index (Phi) is 7.59. The quantitative estimate of drug-likeness (QED) is 0.842. The van der Waals surface area contributed by atoms with Gasteiger partial charge < -0.3 is 15.5 Å². The minimum Gasteiger partial charge on any atom is -0.382 e. The number of benzene rings is 1. The van der Waals surface area contributed by atoms with E-state index in [1.54, 1.807) is 6.07 Å². The minimum absolute atomic E-state index is 0.499. The molecule has 112 valence electrons. The molecule has 0 saturated carbocycles. The topological polar surface area (TPSA) is 44.4 Å². The summed E-state index contributed by atoms with van der Waals surface area (Å²) in [5, 5.41) is 7.26. The van der Waals surface area contributed by atoms with E-state index < -0.39 is 0 Å². The fraction of sp³-hybridized carbons (Fsp3) is 0.533. The van der Waals surface area contributed by atoms with Crippen molar-refractivity contribution in [2.75, 3.05) is 39.5 Å². The Morgan fingerprint density at radius 2 is 1.90 bits per heavy atom. The van der Waals surface area contributed by atoms with Crippen LogP contribution >= 0.6 is 11.6 Å². The van der Waals surface area contributed by atoms with Gasteiger partial charge in [-0.05, 0) is 65.3 Å². The van der Waals surface area contributed by atoms with Gasteiger partial charge in [0.25, 0.3) is 0 Å². The van der Waals surface area contributed by atoms with Crippen molar-refractivity contribution in [2.45, 2.75) is 18.9 Å². The Bertz CT molecular complexity index is 415. The molecule has 0 bridgehead atoms. The van der Waals surface area contributed by atoms with Gasteiger partial charge in [0.2, 0.25) is 0 Å². The van der Waals surface area contributed by atoms with Crippen LogP contribution in [0.1, 0.15) is 23.2 Å². The normalized spacial score (nSPS) is 15.4. The fourth-order valence-electron chi connectivity index (χ4n) is 1.91. The van der Waals surface area contributed by atoms with Crippen molar-refractivity contribution in [1.29, 1.82) is 0 Å². The summed E-state index contributed by atoms with van der Waals surface area (Å²) in [6.45, 7) is 2.11. The van der Waals surface area contributed by atoms with Crippen molar-refractivity contribution in [3.63, 3.8) is 0 Å². The molecule has 1 aliphatic rings. The van der Waals surface area contributed by atoms with Gasteiger partial charge in [-0.15, -0.1) is 0 Å². The van der Waals surface area contributed by atoms with Crippen molar-refractivity contribution in [2.24, 2.45) is 0 Å². The van der Waals surface area contributed by atoms with Crippen molar-refractivity contribution in [1.82, 2.24) is 10.2 Å². The first-order chi connectivity index (χ1) is 9.52. The number of piperidine rings is 1. The molecule has 5 heteroatoms. The van der Waals surface area contributed by atoms with Gasteiger partial charge >= 0.3 is 0 Å². The number of rotatable bonds is 3. The number of carbonyl (C=O) groups is 1. The SMILES string of the molecule is CN(C)C.O=Cc1ccc(NC2CCNCC2)cc1Cl. The maximum atomic E-state index is 10.6.